The third-order valence-electron chi connectivity index (χ3n) is 4.46. The molecule has 2 N–H and O–H groups in total. The molecule has 1 aliphatic heterocycles. The minimum atomic E-state index is -0.464. The zero-order chi connectivity index (χ0) is 18.4. The van der Waals surface area contributed by atoms with Crippen LogP contribution in [-0.2, 0) is 0 Å². The van der Waals surface area contributed by atoms with Gasteiger partial charge in [-0.2, -0.15) is 9.78 Å². The number of methoxy groups -OCH3 is 1. The largest absolute Gasteiger partial charge is 0.496 e. The standard InChI is InChI=1S/C17H13N7O2S/c1-26-10-6-3-2-5-9(10)15-12-13(11-7-4-8-27-11)19-20-16(25)14(12)18-17-21-22-23-24(15)17/h2-8,15H,1H3,(H,20,25)(H,18,21,23)/t15-/m1/s1. The van der Waals surface area contributed by atoms with Gasteiger partial charge in [0, 0.05) is 11.1 Å². The van der Waals surface area contributed by atoms with E-state index in [9.17, 15) is 4.79 Å². The van der Waals surface area contributed by atoms with Gasteiger partial charge < -0.3 is 10.1 Å². The maximum Gasteiger partial charge on any atom is 0.288 e. The molecular formula is C17H13N7O2S. The van der Waals surface area contributed by atoms with Crippen LogP contribution < -0.4 is 15.6 Å². The van der Waals surface area contributed by atoms with Gasteiger partial charge in [-0.3, -0.25) is 4.79 Å². The third-order valence-corrected chi connectivity index (χ3v) is 5.33. The Kier molecular flexibility index (Phi) is 3.50. The average molecular weight is 379 g/mol. The number of hydrogen-bond donors (Lipinski definition) is 2. The number of para-hydroxylation sites is 1. The lowest BCUT2D eigenvalue weighted by Crippen LogP contribution is -2.29. The van der Waals surface area contributed by atoms with Crippen molar-refractivity contribution in [1.29, 1.82) is 0 Å². The average Bonchev–Trinajstić information content (AvgIpc) is 3.39. The number of H-pyrrole nitrogens is 1. The Bertz CT molecular complexity index is 1180. The van der Waals surface area contributed by atoms with Crippen molar-refractivity contribution in [3.63, 3.8) is 0 Å². The first kappa shape index (κ1) is 15.7. The monoisotopic (exact) mass is 379 g/mol. The first-order valence-electron chi connectivity index (χ1n) is 8.12. The molecule has 27 heavy (non-hydrogen) atoms. The molecule has 10 heteroatoms. The number of thiophene rings is 1. The van der Waals surface area contributed by atoms with Crippen molar-refractivity contribution in [2.45, 2.75) is 6.04 Å². The minimum Gasteiger partial charge on any atom is -0.496 e. The molecular weight excluding hydrogens is 366 g/mol. The van der Waals surface area contributed by atoms with E-state index in [1.54, 1.807) is 23.1 Å². The Morgan fingerprint density at radius 2 is 2.11 bits per heavy atom. The summed E-state index contributed by atoms with van der Waals surface area (Å²) in [5.74, 6) is 1.06. The number of anilines is 2. The molecule has 1 aliphatic rings. The maximum absolute atomic E-state index is 12.6. The SMILES string of the molecule is COc1ccccc1[C@@H]1c2c(-c3cccs3)n[nH]c(=O)c2Nc2nnnn21. The van der Waals surface area contributed by atoms with Crippen molar-refractivity contribution in [1.82, 2.24) is 30.4 Å². The van der Waals surface area contributed by atoms with Crippen LogP contribution in [0, 0.1) is 0 Å². The van der Waals surface area contributed by atoms with E-state index >= 15 is 0 Å². The molecule has 9 nitrogen and oxygen atoms in total. The fourth-order valence-electron chi connectivity index (χ4n) is 3.32. The zero-order valence-corrected chi connectivity index (χ0v) is 14.9. The summed E-state index contributed by atoms with van der Waals surface area (Å²) in [6.07, 6.45) is 0. The Morgan fingerprint density at radius 1 is 1.22 bits per heavy atom. The molecule has 0 fully saturated rings. The highest BCUT2D eigenvalue weighted by Crippen LogP contribution is 2.44. The summed E-state index contributed by atoms with van der Waals surface area (Å²) in [6.45, 7) is 0. The van der Waals surface area contributed by atoms with Gasteiger partial charge in [0.05, 0.1) is 12.0 Å². The second kappa shape index (κ2) is 6.02. The summed E-state index contributed by atoms with van der Waals surface area (Å²) in [5, 5.41) is 23.8. The molecule has 4 heterocycles. The molecule has 0 unspecified atom stereocenters. The van der Waals surface area contributed by atoms with Gasteiger partial charge in [0.1, 0.15) is 23.2 Å². The number of ether oxygens (including phenoxy) is 1. The summed E-state index contributed by atoms with van der Waals surface area (Å²) < 4.78 is 7.20. The lowest BCUT2D eigenvalue weighted by atomic mass is 9.94. The van der Waals surface area contributed by atoms with Crippen LogP contribution in [0.3, 0.4) is 0 Å². The van der Waals surface area contributed by atoms with Crippen LogP contribution in [0.4, 0.5) is 11.6 Å². The van der Waals surface area contributed by atoms with E-state index in [1.807, 2.05) is 41.8 Å². The van der Waals surface area contributed by atoms with Gasteiger partial charge >= 0.3 is 0 Å². The van der Waals surface area contributed by atoms with Crippen molar-refractivity contribution in [2.24, 2.45) is 0 Å². The molecule has 0 radical (unpaired) electrons. The molecule has 0 bridgehead atoms. The quantitative estimate of drug-likeness (QED) is 0.494. The highest BCUT2D eigenvalue weighted by atomic mass is 32.1. The summed E-state index contributed by atoms with van der Waals surface area (Å²) in [7, 11) is 1.61. The van der Waals surface area contributed by atoms with E-state index < -0.39 is 6.04 Å². The molecule has 1 atom stereocenters. The smallest absolute Gasteiger partial charge is 0.288 e. The molecule has 3 aromatic heterocycles. The number of benzene rings is 1. The normalized spacial score (nSPS) is 14.9. The van der Waals surface area contributed by atoms with Gasteiger partial charge in [0.15, 0.2) is 0 Å². The number of aromatic amines is 1. The predicted octanol–water partition coefficient (Wildman–Crippen LogP) is 2.19. The Labute approximate surface area is 156 Å². The van der Waals surface area contributed by atoms with Crippen LogP contribution in [0.25, 0.3) is 10.6 Å². The van der Waals surface area contributed by atoms with E-state index in [1.165, 1.54) is 0 Å². The first-order chi connectivity index (χ1) is 13.3. The van der Waals surface area contributed by atoms with Crippen molar-refractivity contribution in [2.75, 3.05) is 12.4 Å². The van der Waals surface area contributed by atoms with Gasteiger partial charge in [-0.15, -0.1) is 11.3 Å². The van der Waals surface area contributed by atoms with Gasteiger partial charge in [0.2, 0.25) is 5.95 Å². The van der Waals surface area contributed by atoms with Gasteiger partial charge in [-0.25, -0.2) is 5.10 Å². The number of fused-ring (bicyclic) bond motifs is 2. The van der Waals surface area contributed by atoms with E-state index in [0.717, 1.165) is 10.4 Å². The van der Waals surface area contributed by atoms with E-state index in [2.05, 4.69) is 31.0 Å². The lowest BCUT2D eigenvalue weighted by Gasteiger charge is -2.28. The Hall–Kier alpha value is -3.53. The summed E-state index contributed by atoms with van der Waals surface area (Å²) >= 11 is 1.54. The van der Waals surface area contributed by atoms with E-state index in [0.29, 0.717) is 28.6 Å². The molecule has 0 amide bonds. The van der Waals surface area contributed by atoms with Gasteiger partial charge in [0.25, 0.3) is 5.56 Å². The van der Waals surface area contributed by atoms with Crippen LogP contribution in [0.1, 0.15) is 17.2 Å². The number of aromatic nitrogens is 6. The second-order valence-corrected chi connectivity index (χ2v) is 6.83. The van der Waals surface area contributed by atoms with Gasteiger partial charge in [-0.1, -0.05) is 29.4 Å². The third kappa shape index (κ3) is 2.34. The van der Waals surface area contributed by atoms with Crippen LogP contribution in [0.5, 0.6) is 5.75 Å². The molecule has 0 saturated heterocycles. The molecule has 134 valence electrons. The van der Waals surface area contributed by atoms with Crippen molar-refractivity contribution in [3.05, 3.63) is 63.3 Å². The number of nitrogens with zero attached hydrogens (tertiary/aromatic N) is 5. The number of nitrogens with one attached hydrogen (secondary N) is 2. The molecule has 4 aromatic rings. The topological polar surface area (TPSA) is 111 Å². The van der Waals surface area contributed by atoms with Gasteiger partial charge in [-0.05, 0) is 27.9 Å². The first-order valence-corrected chi connectivity index (χ1v) is 9.00. The van der Waals surface area contributed by atoms with Crippen LogP contribution in [0.2, 0.25) is 0 Å². The molecule has 5 rings (SSSR count). The second-order valence-electron chi connectivity index (χ2n) is 5.88. The summed E-state index contributed by atoms with van der Waals surface area (Å²) in [4.78, 5) is 13.5. The van der Waals surface area contributed by atoms with E-state index in [-0.39, 0.29) is 5.56 Å². The van der Waals surface area contributed by atoms with Crippen LogP contribution in [0.15, 0.2) is 46.6 Å². The van der Waals surface area contributed by atoms with Crippen molar-refractivity contribution in [3.8, 4) is 16.3 Å². The molecule has 1 aromatic carbocycles. The fraction of sp³-hybridized carbons (Fsp3) is 0.118. The minimum absolute atomic E-state index is 0.334. The number of hydrogen-bond acceptors (Lipinski definition) is 8. The highest BCUT2D eigenvalue weighted by Gasteiger charge is 2.35. The maximum atomic E-state index is 12.6. The molecule has 0 aliphatic carbocycles. The van der Waals surface area contributed by atoms with Crippen LogP contribution in [-0.4, -0.2) is 37.5 Å². The van der Waals surface area contributed by atoms with E-state index in [4.69, 9.17) is 4.74 Å². The molecule has 0 saturated carbocycles. The zero-order valence-electron chi connectivity index (χ0n) is 14.1. The molecule has 0 spiro atoms. The summed E-state index contributed by atoms with van der Waals surface area (Å²) in [5.41, 5.74) is 2.25. The van der Waals surface area contributed by atoms with Crippen LogP contribution >= 0.6 is 11.3 Å². The Morgan fingerprint density at radius 3 is 2.93 bits per heavy atom. The predicted molar refractivity (Wildman–Crippen MR) is 99.5 cm³/mol. The number of tetrazole rings is 1. The Balaban J connectivity index is 1.86. The number of rotatable bonds is 3. The fourth-order valence-corrected chi connectivity index (χ4v) is 4.05. The highest BCUT2D eigenvalue weighted by molar-refractivity contribution is 7.13. The van der Waals surface area contributed by atoms with Crippen molar-refractivity contribution >= 4 is 23.0 Å². The summed E-state index contributed by atoms with van der Waals surface area (Å²) in [6, 6.07) is 11.0. The van der Waals surface area contributed by atoms with Crippen molar-refractivity contribution < 1.29 is 4.74 Å². The lowest BCUT2D eigenvalue weighted by molar-refractivity contribution is 0.402.